The van der Waals surface area contributed by atoms with Gasteiger partial charge in [0.25, 0.3) is 5.56 Å². The van der Waals surface area contributed by atoms with Crippen molar-refractivity contribution in [3.8, 4) is 0 Å². The first-order chi connectivity index (χ1) is 10.2. The summed E-state index contributed by atoms with van der Waals surface area (Å²) in [5.41, 5.74) is 0.0462. The van der Waals surface area contributed by atoms with Crippen LogP contribution in [-0.4, -0.2) is 49.7 Å². The van der Waals surface area contributed by atoms with Crippen LogP contribution in [0.25, 0.3) is 11.0 Å². The summed E-state index contributed by atoms with van der Waals surface area (Å²) >= 11 is 0. The predicted molar refractivity (Wildman–Crippen MR) is 83.4 cm³/mol. The third-order valence-electron chi connectivity index (χ3n) is 3.00. The van der Waals surface area contributed by atoms with E-state index in [-0.39, 0.29) is 23.6 Å². The summed E-state index contributed by atoms with van der Waals surface area (Å²) < 4.78 is 1.56. The number of aryl methyl sites for hydroxylation is 1. The van der Waals surface area contributed by atoms with E-state index >= 15 is 0 Å². The molecule has 0 bridgehead atoms. The number of amides is 1. The summed E-state index contributed by atoms with van der Waals surface area (Å²) in [6.45, 7) is 6.39. The second-order valence-electron chi connectivity index (χ2n) is 6.49. The average molecular weight is 306 g/mol. The monoisotopic (exact) mass is 306 g/mol. The number of aromatic amines is 1. The van der Waals surface area contributed by atoms with E-state index in [1.165, 1.54) is 6.20 Å². The van der Waals surface area contributed by atoms with Crippen LogP contribution in [0.4, 0.5) is 0 Å². The highest BCUT2D eigenvalue weighted by Crippen LogP contribution is 2.05. The maximum atomic E-state index is 12.0. The molecule has 1 amide bonds. The van der Waals surface area contributed by atoms with E-state index in [9.17, 15) is 9.59 Å². The lowest BCUT2D eigenvalue weighted by Crippen LogP contribution is -2.45. The summed E-state index contributed by atoms with van der Waals surface area (Å²) in [6.07, 6.45) is 1.49. The zero-order valence-corrected chi connectivity index (χ0v) is 13.6. The van der Waals surface area contributed by atoms with Gasteiger partial charge in [-0.3, -0.25) is 19.2 Å². The van der Waals surface area contributed by atoms with Gasteiger partial charge in [0.1, 0.15) is 11.2 Å². The topological polar surface area (TPSA) is 95.9 Å². The molecule has 2 N–H and O–H groups in total. The zero-order chi connectivity index (χ0) is 16.5. The molecule has 8 heteroatoms. The van der Waals surface area contributed by atoms with Crippen molar-refractivity contribution < 1.29 is 4.79 Å². The van der Waals surface area contributed by atoms with E-state index in [2.05, 4.69) is 20.4 Å². The van der Waals surface area contributed by atoms with Crippen LogP contribution in [-0.2, 0) is 18.4 Å². The number of nitrogens with one attached hydrogen (secondary N) is 2. The Labute approximate surface area is 128 Å². The van der Waals surface area contributed by atoms with Crippen molar-refractivity contribution >= 4 is 16.9 Å². The number of H-pyrrole nitrogens is 1. The van der Waals surface area contributed by atoms with Crippen LogP contribution in [0.1, 0.15) is 26.6 Å². The summed E-state index contributed by atoms with van der Waals surface area (Å²) in [6, 6.07) is 0. The smallest absolute Gasteiger partial charge is 0.262 e. The van der Waals surface area contributed by atoms with Crippen molar-refractivity contribution in [2.24, 2.45) is 7.05 Å². The van der Waals surface area contributed by atoms with E-state index in [0.717, 1.165) is 0 Å². The molecule has 0 saturated heterocycles. The fourth-order valence-electron chi connectivity index (χ4n) is 2.17. The van der Waals surface area contributed by atoms with Crippen LogP contribution in [0, 0.1) is 0 Å². The Hall–Kier alpha value is -2.22. The van der Waals surface area contributed by atoms with Gasteiger partial charge in [-0.2, -0.15) is 5.10 Å². The van der Waals surface area contributed by atoms with E-state index < -0.39 is 0 Å². The van der Waals surface area contributed by atoms with Crippen LogP contribution in [0.5, 0.6) is 0 Å². The Kier molecular flexibility index (Phi) is 4.32. The van der Waals surface area contributed by atoms with E-state index in [1.807, 2.05) is 20.8 Å². The van der Waals surface area contributed by atoms with Crippen molar-refractivity contribution in [2.75, 3.05) is 13.6 Å². The number of likely N-dealkylation sites (N-methyl/N-ethyl adjacent to an activating group) is 1. The van der Waals surface area contributed by atoms with Gasteiger partial charge in [0, 0.05) is 12.6 Å². The van der Waals surface area contributed by atoms with Gasteiger partial charge in [0.2, 0.25) is 5.91 Å². The molecule has 0 atom stereocenters. The SMILES string of the molecule is CN(CC(=O)NC(C)(C)C)Cc1nc2c(cnn2C)c(=O)[nH]1. The first-order valence-electron chi connectivity index (χ1n) is 7.06. The minimum absolute atomic E-state index is 0.0704. The number of hydrogen-bond acceptors (Lipinski definition) is 5. The molecule has 0 saturated carbocycles. The highest BCUT2D eigenvalue weighted by atomic mass is 16.2. The van der Waals surface area contributed by atoms with E-state index in [0.29, 0.717) is 23.4 Å². The van der Waals surface area contributed by atoms with Crippen molar-refractivity contribution in [2.45, 2.75) is 32.9 Å². The van der Waals surface area contributed by atoms with Crippen molar-refractivity contribution in [1.82, 2.24) is 30.0 Å². The predicted octanol–water partition coefficient (Wildman–Crippen LogP) is 0.00310. The van der Waals surface area contributed by atoms with Crippen molar-refractivity contribution in [3.05, 3.63) is 22.4 Å². The van der Waals surface area contributed by atoms with Crippen LogP contribution in [0.2, 0.25) is 0 Å². The molecule has 8 nitrogen and oxygen atoms in total. The first kappa shape index (κ1) is 16.2. The molecule has 2 heterocycles. The lowest BCUT2D eigenvalue weighted by molar-refractivity contribution is -0.123. The average Bonchev–Trinajstić information content (AvgIpc) is 2.68. The molecular weight excluding hydrogens is 284 g/mol. The third-order valence-corrected chi connectivity index (χ3v) is 3.00. The van der Waals surface area contributed by atoms with Crippen LogP contribution >= 0.6 is 0 Å². The van der Waals surface area contributed by atoms with Crippen molar-refractivity contribution in [3.63, 3.8) is 0 Å². The van der Waals surface area contributed by atoms with E-state index in [1.54, 1.807) is 23.7 Å². The quantitative estimate of drug-likeness (QED) is 0.829. The molecule has 22 heavy (non-hydrogen) atoms. The summed E-state index contributed by atoms with van der Waals surface area (Å²) in [5, 5.41) is 7.37. The zero-order valence-electron chi connectivity index (χ0n) is 13.6. The second-order valence-corrected chi connectivity index (χ2v) is 6.49. The Balaban J connectivity index is 2.09. The Morgan fingerprint density at radius 2 is 2.14 bits per heavy atom. The van der Waals surface area contributed by atoms with Gasteiger partial charge in [-0.1, -0.05) is 0 Å². The minimum Gasteiger partial charge on any atom is -0.350 e. The third kappa shape index (κ3) is 3.91. The number of carbonyl (C=O) groups is 1. The van der Waals surface area contributed by atoms with E-state index in [4.69, 9.17) is 0 Å². The largest absolute Gasteiger partial charge is 0.350 e. The fraction of sp³-hybridized carbons (Fsp3) is 0.571. The molecule has 0 aliphatic heterocycles. The summed E-state index contributed by atoms with van der Waals surface area (Å²) in [4.78, 5) is 32.8. The van der Waals surface area contributed by atoms with Crippen LogP contribution in [0.15, 0.2) is 11.0 Å². The number of aromatic nitrogens is 4. The van der Waals surface area contributed by atoms with Gasteiger partial charge in [-0.05, 0) is 27.8 Å². The van der Waals surface area contributed by atoms with Crippen LogP contribution < -0.4 is 10.9 Å². The van der Waals surface area contributed by atoms with Gasteiger partial charge >= 0.3 is 0 Å². The Morgan fingerprint density at radius 3 is 2.77 bits per heavy atom. The van der Waals surface area contributed by atoms with Gasteiger partial charge in [-0.25, -0.2) is 4.98 Å². The molecule has 0 radical (unpaired) electrons. The molecule has 0 fully saturated rings. The van der Waals surface area contributed by atoms with Gasteiger partial charge in [0.05, 0.1) is 19.3 Å². The normalized spacial score (nSPS) is 12.1. The molecule has 2 aromatic rings. The second kappa shape index (κ2) is 5.88. The molecule has 120 valence electrons. The van der Waals surface area contributed by atoms with Gasteiger partial charge < -0.3 is 10.3 Å². The number of rotatable bonds is 4. The molecule has 0 unspecified atom stereocenters. The maximum absolute atomic E-state index is 12.0. The number of nitrogens with zero attached hydrogens (tertiary/aromatic N) is 4. The molecule has 0 aromatic carbocycles. The van der Waals surface area contributed by atoms with Gasteiger partial charge in [-0.15, -0.1) is 0 Å². The molecular formula is C14H22N6O2. The Morgan fingerprint density at radius 1 is 1.45 bits per heavy atom. The highest BCUT2D eigenvalue weighted by Gasteiger charge is 2.16. The van der Waals surface area contributed by atoms with Crippen molar-refractivity contribution in [1.29, 1.82) is 0 Å². The number of hydrogen-bond donors (Lipinski definition) is 2. The molecule has 2 aromatic heterocycles. The molecule has 0 spiro atoms. The Bertz CT molecular complexity index is 740. The highest BCUT2D eigenvalue weighted by molar-refractivity contribution is 5.78. The molecule has 2 rings (SSSR count). The fourth-order valence-corrected chi connectivity index (χ4v) is 2.17. The van der Waals surface area contributed by atoms with Crippen LogP contribution in [0.3, 0.4) is 0 Å². The lowest BCUT2D eigenvalue weighted by Gasteiger charge is -2.23. The number of fused-ring (bicyclic) bond motifs is 1. The molecule has 0 aliphatic carbocycles. The molecule has 0 aliphatic rings. The standard InChI is InChI=1S/C14H22N6O2/c1-14(2,3)18-11(21)8-19(4)7-10-16-12-9(13(22)17-10)6-15-20(12)5/h6H,7-8H2,1-5H3,(H,18,21)(H,16,17,22). The first-order valence-corrected chi connectivity index (χ1v) is 7.06. The number of carbonyl (C=O) groups excluding carboxylic acids is 1. The maximum Gasteiger partial charge on any atom is 0.262 e. The lowest BCUT2D eigenvalue weighted by atomic mass is 10.1. The summed E-state index contributed by atoms with van der Waals surface area (Å²) in [5.74, 6) is 0.436. The van der Waals surface area contributed by atoms with Gasteiger partial charge in [0.15, 0.2) is 5.65 Å². The minimum atomic E-state index is -0.266. The summed E-state index contributed by atoms with van der Waals surface area (Å²) in [7, 11) is 3.54.